The van der Waals surface area contributed by atoms with Gasteiger partial charge in [-0.3, -0.25) is 4.79 Å². The van der Waals surface area contributed by atoms with Crippen LogP contribution in [0.15, 0.2) is 11.8 Å². The second-order valence-corrected chi connectivity index (χ2v) is 1.14. The van der Waals surface area contributed by atoms with Crippen LogP contribution < -0.4 is 0 Å². The van der Waals surface area contributed by atoms with Crippen molar-refractivity contribution >= 4 is 12.3 Å². The molecule has 0 heterocycles. The first-order valence-corrected chi connectivity index (χ1v) is 2.07. The number of carbonyl (C=O) groups is 1. The third-order valence-electron chi connectivity index (χ3n) is 0.590. The lowest BCUT2D eigenvalue weighted by molar-refractivity contribution is -0.139. The van der Waals surface area contributed by atoms with Crippen molar-refractivity contribution < 1.29 is 19.4 Å². The molecule has 0 aromatic heterocycles. The Hall–Kier alpha value is -1.32. The van der Waals surface area contributed by atoms with E-state index in [1.807, 2.05) is 0 Å². The minimum absolute atomic E-state index is 0.589. The van der Waals surface area contributed by atoms with Crippen LogP contribution in [0.3, 0.4) is 0 Å². The summed E-state index contributed by atoms with van der Waals surface area (Å²) >= 11 is 0. The van der Waals surface area contributed by atoms with Crippen LogP contribution in [-0.4, -0.2) is 24.5 Å². The molecular formula is C5H5O4. The fourth-order valence-corrected chi connectivity index (χ4v) is 0.219. The number of hydrogen-bond donors (Lipinski definition) is 1. The monoisotopic (exact) mass is 129 g/mol. The molecule has 0 aliphatic carbocycles. The van der Waals surface area contributed by atoms with Crippen molar-refractivity contribution in [1.29, 1.82) is 0 Å². The standard InChI is InChI=1S/C5H5O4/c1-9-5(8)4(7)2-3-6/h2,7H,1H3/b4-2-. The normalized spacial score (nSPS) is 10.6. The minimum Gasteiger partial charge on any atom is -0.502 e. The number of aliphatic hydroxyl groups excluding tert-OH is 1. The van der Waals surface area contributed by atoms with Gasteiger partial charge in [0.1, 0.15) is 0 Å². The molecule has 0 aliphatic heterocycles. The lowest BCUT2D eigenvalue weighted by Gasteiger charge is -1.92. The Bertz CT molecular complexity index is 147. The summed E-state index contributed by atoms with van der Waals surface area (Å²) in [6.07, 6.45) is 1.81. The molecule has 0 atom stereocenters. The van der Waals surface area contributed by atoms with Gasteiger partial charge in [-0.1, -0.05) is 0 Å². The molecule has 4 nitrogen and oxygen atoms in total. The molecule has 0 rings (SSSR count). The number of hydrogen-bond acceptors (Lipinski definition) is 4. The Balaban J connectivity index is 4.01. The minimum atomic E-state index is -0.946. The van der Waals surface area contributed by atoms with Gasteiger partial charge in [0, 0.05) is 6.08 Å². The topological polar surface area (TPSA) is 63.6 Å². The summed E-state index contributed by atoms with van der Waals surface area (Å²) in [4.78, 5) is 19.6. The average molecular weight is 129 g/mol. The molecule has 0 aromatic carbocycles. The highest BCUT2D eigenvalue weighted by atomic mass is 16.5. The molecule has 9 heavy (non-hydrogen) atoms. The fraction of sp³-hybridized carbons (Fsp3) is 0.200. The van der Waals surface area contributed by atoms with Gasteiger partial charge in [0.2, 0.25) is 12.0 Å². The number of esters is 1. The summed E-state index contributed by atoms with van der Waals surface area (Å²) in [6, 6.07) is 0. The Morgan fingerprint density at radius 1 is 1.78 bits per heavy atom. The summed E-state index contributed by atoms with van der Waals surface area (Å²) in [5, 5.41) is 8.44. The van der Waals surface area contributed by atoms with Gasteiger partial charge in [0.05, 0.1) is 7.11 Å². The quantitative estimate of drug-likeness (QED) is 0.316. The van der Waals surface area contributed by atoms with Crippen molar-refractivity contribution in [3.8, 4) is 0 Å². The summed E-state index contributed by atoms with van der Waals surface area (Å²) in [5.74, 6) is -1.69. The van der Waals surface area contributed by atoms with Gasteiger partial charge >= 0.3 is 5.97 Å². The van der Waals surface area contributed by atoms with E-state index >= 15 is 0 Å². The van der Waals surface area contributed by atoms with Gasteiger partial charge in [-0.2, -0.15) is 0 Å². The number of carbonyl (C=O) groups excluding carboxylic acids is 2. The summed E-state index contributed by atoms with van der Waals surface area (Å²) in [5.41, 5.74) is 0. The summed E-state index contributed by atoms with van der Waals surface area (Å²) in [6.45, 7) is 0. The van der Waals surface area contributed by atoms with Crippen molar-refractivity contribution in [3.05, 3.63) is 11.8 Å². The zero-order valence-electron chi connectivity index (χ0n) is 4.75. The van der Waals surface area contributed by atoms with E-state index in [0.29, 0.717) is 6.08 Å². The molecule has 0 aliphatic rings. The SMILES string of the molecule is COC(=O)/C(O)=C/[C]=O. The maximum Gasteiger partial charge on any atom is 0.373 e. The molecule has 4 heteroatoms. The lowest BCUT2D eigenvalue weighted by Crippen LogP contribution is -2.03. The summed E-state index contributed by atoms with van der Waals surface area (Å²) < 4.78 is 4.03. The largest absolute Gasteiger partial charge is 0.502 e. The van der Waals surface area contributed by atoms with E-state index in [1.54, 1.807) is 0 Å². The highest BCUT2D eigenvalue weighted by Gasteiger charge is 2.04. The zero-order chi connectivity index (χ0) is 7.28. The first-order chi connectivity index (χ1) is 4.22. The number of aliphatic hydroxyl groups is 1. The van der Waals surface area contributed by atoms with Crippen molar-refractivity contribution in [2.75, 3.05) is 7.11 Å². The maximum atomic E-state index is 10.2. The smallest absolute Gasteiger partial charge is 0.373 e. The number of methoxy groups -OCH3 is 1. The van der Waals surface area contributed by atoms with E-state index in [-0.39, 0.29) is 0 Å². The van der Waals surface area contributed by atoms with E-state index in [4.69, 9.17) is 5.11 Å². The number of rotatable bonds is 2. The Morgan fingerprint density at radius 3 is 2.67 bits per heavy atom. The molecule has 0 fully saturated rings. The van der Waals surface area contributed by atoms with Gasteiger partial charge in [-0.25, -0.2) is 4.79 Å². The van der Waals surface area contributed by atoms with Crippen LogP contribution in [0.2, 0.25) is 0 Å². The predicted molar refractivity (Wildman–Crippen MR) is 28.4 cm³/mol. The highest BCUT2D eigenvalue weighted by Crippen LogP contribution is 1.87. The third-order valence-corrected chi connectivity index (χ3v) is 0.590. The van der Waals surface area contributed by atoms with Gasteiger partial charge in [-0.15, -0.1) is 0 Å². The van der Waals surface area contributed by atoms with Crippen molar-refractivity contribution in [3.63, 3.8) is 0 Å². The van der Waals surface area contributed by atoms with Gasteiger partial charge in [-0.05, 0) is 0 Å². The first kappa shape index (κ1) is 7.68. The van der Waals surface area contributed by atoms with Crippen LogP contribution >= 0.6 is 0 Å². The molecular weight excluding hydrogens is 124 g/mol. The predicted octanol–water partition coefficient (Wildman–Crippen LogP) is -0.289. The van der Waals surface area contributed by atoms with Crippen molar-refractivity contribution in [1.82, 2.24) is 0 Å². The maximum absolute atomic E-state index is 10.2. The molecule has 0 aromatic rings. The van der Waals surface area contributed by atoms with Gasteiger partial charge in [0.15, 0.2) is 0 Å². The van der Waals surface area contributed by atoms with Crippen LogP contribution in [-0.2, 0) is 14.3 Å². The summed E-state index contributed by atoms with van der Waals surface area (Å²) in [7, 11) is 1.09. The second kappa shape index (κ2) is 3.65. The van der Waals surface area contributed by atoms with E-state index in [2.05, 4.69) is 4.74 Å². The molecule has 0 unspecified atom stereocenters. The Morgan fingerprint density at radius 2 is 2.33 bits per heavy atom. The van der Waals surface area contributed by atoms with E-state index in [1.165, 1.54) is 6.29 Å². The molecule has 0 bridgehead atoms. The van der Waals surface area contributed by atoms with Gasteiger partial charge in [0.25, 0.3) is 0 Å². The molecule has 0 spiro atoms. The lowest BCUT2D eigenvalue weighted by atomic mass is 10.5. The van der Waals surface area contributed by atoms with Crippen LogP contribution in [0.1, 0.15) is 0 Å². The highest BCUT2D eigenvalue weighted by molar-refractivity contribution is 5.89. The van der Waals surface area contributed by atoms with E-state index < -0.39 is 11.7 Å². The number of allylic oxidation sites excluding steroid dienone is 1. The Labute approximate surface area is 51.7 Å². The van der Waals surface area contributed by atoms with E-state index in [0.717, 1.165) is 7.11 Å². The van der Waals surface area contributed by atoms with Crippen molar-refractivity contribution in [2.45, 2.75) is 0 Å². The molecule has 1 N–H and O–H groups in total. The molecule has 1 radical (unpaired) electrons. The van der Waals surface area contributed by atoms with Crippen LogP contribution in [0, 0.1) is 0 Å². The van der Waals surface area contributed by atoms with Crippen molar-refractivity contribution in [2.24, 2.45) is 0 Å². The molecule has 0 saturated heterocycles. The third kappa shape index (κ3) is 2.48. The van der Waals surface area contributed by atoms with Gasteiger partial charge < -0.3 is 9.84 Å². The average Bonchev–Trinajstić information content (AvgIpc) is 1.87. The molecule has 0 saturated carbocycles. The van der Waals surface area contributed by atoms with E-state index in [9.17, 15) is 9.59 Å². The Kier molecular flexibility index (Phi) is 3.12. The molecule has 49 valence electrons. The van der Waals surface area contributed by atoms with Crippen LogP contribution in [0.5, 0.6) is 0 Å². The molecule has 0 amide bonds. The fourth-order valence-electron chi connectivity index (χ4n) is 0.219. The number of ether oxygens (including phenoxy) is 1. The zero-order valence-corrected chi connectivity index (χ0v) is 4.75. The second-order valence-electron chi connectivity index (χ2n) is 1.14. The van der Waals surface area contributed by atoms with Crippen LogP contribution in [0.4, 0.5) is 0 Å². The van der Waals surface area contributed by atoms with Crippen LogP contribution in [0.25, 0.3) is 0 Å². The first-order valence-electron chi connectivity index (χ1n) is 2.07.